The molecule has 2 N–H and O–H groups in total. The number of nitrogens with zero attached hydrogens (tertiary/aromatic N) is 1. The molecule has 0 bridgehead atoms. The Morgan fingerprint density at radius 2 is 1.65 bits per heavy atom. The normalized spacial score (nSPS) is 13.2. The smallest absolute Gasteiger partial charge is 0.317 e. The van der Waals surface area contributed by atoms with Gasteiger partial charge in [0.05, 0.1) is 12.1 Å². The maximum Gasteiger partial charge on any atom is 0.317 e. The van der Waals surface area contributed by atoms with E-state index in [9.17, 15) is 9.90 Å². The molecule has 2 aromatic carbocycles. The third kappa shape index (κ3) is 4.83. The molecule has 2 unspecified atom stereocenters. The topological polar surface area (TPSA) is 52.6 Å². The molecule has 0 aliphatic rings. The van der Waals surface area contributed by atoms with Crippen LogP contribution in [-0.2, 0) is 0 Å². The highest BCUT2D eigenvalue weighted by molar-refractivity contribution is 5.75. The molecule has 0 spiro atoms. The maximum absolute atomic E-state index is 12.4. The van der Waals surface area contributed by atoms with Crippen molar-refractivity contribution in [2.75, 3.05) is 13.6 Å². The van der Waals surface area contributed by atoms with Crippen LogP contribution in [-0.4, -0.2) is 35.7 Å². The first-order chi connectivity index (χ1) is 11.0. The van der Waals surface area contributed by atoms with Gasteiger partial charge in [-0.05, 0) is 25.0 Å². The van der Waals surface area contributed by atoms with Gasteiger partial charge < -0.3 is 15.3 Å². The van der Waals surface area contributed by atoms with Crippen LogP contribution in [0.15, 0.2) is 54.6 Å². The van der Waals surface area contributed by atoms with Gasteiger partial charge in [-0.1, -0.05) is 60.2 Å². The SMILES string of the molecule is Cc1ccc(C(NC(=O)N(C)CC(C)O)c2ccccc2)cc1. The lowest BCUT2D eigenvalue weighted by molar-refractivity contribution is 0.143. The zero-order chi connectivity index (χ0) is 16.8. The van der Waals surface area contributed by atoms with Crippen LogP contribution in [0.4, 0.5) is 4.79 Å². The Labute approximate surface area is 137 Å². The third-order valence-corrected chi connectivity index (χ3v) is 3.70. The average molecular weight is 312 g/mol. The number of aryl methyl sites for hydroxylation is 1. The molecule has 122 valence electrons. The summed E-state index contributed by atoms with van der Waals surface area (Å²) in [4.78, 5) is 13.9. The standard InChI is InChI=1S/C19H24N2O2/c1-14-9-11-17(12-10-14)18(16-7-5-4-6-8-16)20-19(23)21(3)13-15(2)22/h4-12,15,18,22H,13H2,1-3H3,(H,20,23). The van der Waals surface area contributed by atoms with Crippen molar-refractivity contribution in [1.29, 1.82) is 0 Å². The largest absolute Gasteiger partial charge is 0.392 e. The highest BCUT2D eigenvalue weighted by Gasteiger charge is 2.19. The van der Waals surface area contributed by atoms with Gasteiger partial charge in [-0.2, -0.15) is 0 Å². The molecular formula is C19H24N2O2. The molecule has 4 nitrogen and oxygen atoms in total. The van der Waals surface area contributed by atoms with Gasteiger partial charge in [0.15, 0.2) is 0 Å². The van der Waals surface area contributed by atoms with Crippen molar-refractivity contribution in [3.05, 3.63) is 71.3 Å². The van der Waals surface area contributed by atoms with Crippen molar-refractivity contribution in [3.63, 3.8) is 0 Å². The van der Waals surface area contributed by atoms with E-state index in [1.165, 1.54) is 10.5 Å². The minimum absolute atomic E-state index is 0.208. The second-order valence-corrected chi connectivity index (χ2v) is 5.93. The monoisotopic (exact) mass is 312 g/mol. The van der Waals surface area contributed by atoms with E-state index in [0.717, 1.165) is 11.1 Å². The summed E-state index contributed by atoms with van der Waals surface area (Å²) < 4.78 is 0. The predicted molar refractivity (Wildman–Crippen MR) is 92.3 cm³/mol. The fraction of sp³-hybridized carbons (Fsp3) is 0.316. The lowest BCUT2D eigenvalue weighted by Crippen LogP contribution is -2.42. The molecule has 4 heteroatoms. The molecule has 2 rings (SSSR count). The Morgan fingerprint density at radius 1 is 1.09 bits per heavy atom. The average Bonchev–Trinajstić information content (AvgIpc) is 2.53. The molecule has 0 radical (unpaired) electrons. The molecule has 2 aromatic rings. The van der Waals surface area contributed by atoms with Gasteiger partial charge in [0, 0.05) is 13.6 Å². The third-order valence-electron chi connectivity index (χ3n) is 3.70. The molecule has 0 saturated heterocycles. The lowest BCUT2D eigenvalue weighted by Gasteiger charge is -2.25. The van der Waals surface area contributed by atoms with Crippen molar-refractivity contribution in [3.8, 4) is 0 Å². The predicted octanol–water partition coefficient (Wildman–Crippen LogP) is 3.11. The number of hydrogen-bond donors (Lipinski definition) is 2. The molecule has 0 aliphatic heterocycles. The van der Waals surface area contributed by atoms with Gasteiger partial charge in [0.25, 0.3) is 0 Å². The number of urea groups is 1. The number of amides is 2. The van der Waals surface area contributed by atoms with E-state index < -0.39 is 6.10 Å². The van der Waals surface area contributed by atoms with Crippen molar-refractivity contribution < 1.29 is 9.90 Å². The number of likely N-dealkylation sites (N-methyl/N-ethyl adjacent to an activating group) is 1. The van der Waals surface area contributed by atoms with E-state index in [1.54, 1.807) is 14.0 Å². The molecule has 23 heavy (non-hydrogen) atoms. The lowest BCUT2D eigenvalue weighted by atomic mass is 9.98. The van der Waals surface area contributed by atoms with Crippen LogP contribution < -0.4 is 5.32 Å². The Hall–Kier alpha value is -2.33. The fourth-order valence-electron chi connectivity index (χ4n) is 2.48. The summed E-state index contributed by atoms with van der Waals surface area (Å²) in [6.07, 6.45) is -0.555. The Bertz CT molecular complexity index is 624. The van der Waals surface area contributed by atoms with Crippen LogP contribution in [0.5, 0.6) is 0 Å². The van der Waals surface area contributed by atoms with E-state index in [2.05, 4.69) is 5.32 Å². The fourth-order valence-corrected chi connectivity index (χ4v) is 2.48. The van der Waals surface area contributed by atoms with E-state index in [1.807, 2.05) is 61.5 Å². The zero-order valence-electron chi connectivity index (χ0n) is 13.9. The molecule has 0 aliphatic carbocycles. The number of nitrogens with one attached hydrogen (secondary N) is 1. The number of aliphatic hydroxyl groups is 1. The van der Waals surface area contributed by atoms with E-state index in [0.29, 0.717) is 6.54 Å². The second kappa shape index (κ2) is 7.79. The van der Waals surface area contributed by atoms with E-state index in [-0.39, 0.29) is 12.1 Å². The first kappa shape index (κ1) is 17.0. The highest BCUT2D eigenvalue weighted by Crippen LogP contribution is 2.22. The van der Waals surface area contributed by atoms with Crippen molar-refractivity contribution >= 4 is 6.03 Å². The molecule has 0 saturated carbocycles. The molecule has 0 heterocycles. The van der Waals surface area contributed by atoms with Crippen LogP contribution >= 0.6 is 0 Å². The van der Waals surface area contributed by atoms with E-state index in [4.69, 9.17) is 0 Å². The van der Waals surface area contributed by atoms with Crippen LogP contribution in [0, 0.1) is 6.92 Å². The zero-order valence-corrected chi connectivity index (χ0v) is 13.9. The van der Waals surface area contributed by atoms with Gasteiger partial charge in [-0.3, -0.25) is 0 Å². The van der Waals surface area contributed by atoms with Crippen LogP contribution in [0.1, 0.15) is 29.7 Å². The summed E-state index contributed by atoms with van der Waals surface area (Å²) in [5.74, 6) is 0. The minimum atomic E-state index is -0.555. The number of carbonyl (C=O) groups excluding carboxylic acids is 1. The number of benzene rings is 2. The number of aliphatic hydroxyl groups excluding tert-OH is 1. The van der Waals surface area contributed by atoms with E-state index >= 15 is 0 Å². The Balaban J connectivity index is 2.24. The van der Waals surface area contributed by atoms with Crippen molar-refractivity contribution in [2.45, 2.75) is 26.0 Å². The van der Waals surface area contributed by atoms with Gasteiger partial charge in [0.2, 0.25) is 0 Å². The van der Waals surface area contributed by atoms with Gasteiger partial charge in [-0.25, -0.2) is 4.79 Å². The van der Waals surface area contributed by atoms with Crippen LogP contribution in [0.25, 0.3) is 0 Å². The quantitative estimate of drug-likeness (QED) is 0.891. The Kier molecular flexibility index (Phi) is 5.77. The second-order valence-electron chi connectivity index (χ2n) is 5.93. The minimum Gasteiger partial charge on any atom is -0.392 e. The van der Waals surface area contributed by atoms with Crippen LogP contribution in [0.2, 0.25) is 0 Å². The Morgan fingerprint density at radius 3 is 2.22 bits per heavy atom. The number of hydrogen-bond acceptors (Lipinski definition) is 2. The van der Waals surface area contributed by atoms with Crippen LogP contribution in [0.3, 0.4) is 0 Å². The first-order valence-electron chi connectivity index (χ1n) is 7.78. The van der Waals surface area contributed by atoms with Gasteiger partial charge in [0.1, 0.15) is 0 Å². The first-order valence-corrected chi connectivity index (χ1v) is 7.78. The van der Waals surface area contributed by atoms with Crippen molar-refractivity contribution in [2.24, 2.45) is 0 Å². The number of rotatable bonds is 5. The van der Waals surface area contributed by atoms with Gasteiger partial charge >= 0.3 is 6.03 Å². The molecule has 0 fully saturated rings. The molecule has 2 atom stereocenters. The van der Waals surface area contributed by atoms with Gasteiger partial charge in [-0.15, -0.1) is 0 Å². The summed E-state index contributed by atoms with van der Waals surface area (Å²) in [7, 11) is 1.68. The van der Waals surface area contributed by atoms with Crippen molar-refractivity contribution in [1.82, 2.24) is 10.2 Å². The summed E-state index contributed by atoms with van der Waals surface area (Å²) in [6.45, 7) is 4.00. The summed E-state index contributed by atoms with van der Waals surface area (Å²) >= 11 is 0. The molecular weight excluding hydrogens is 288 g/mol. The maximum atomic E-state index is 12.4. The summed E-state index contributed by atoms with van der Waals surface area (Å²) in [5.41, 5.74) is 3.23. The highest BCUT2D eigenvalue weighted by atomic mass is 16.3. The molecule has 0 aromatic heterocycles. The molecule has 2 amide bonds. The number of carbonyl (C=O) groups is 1. The summed E-state index contributed by atoms with van der Waals surface area (Å²) in [5, 5.41) is 12.5. The summed E-state index contributed by atoms with van der Waals surface area (Å²) in [6, 6.07) is 17.6.